The van der Waals surface area contributed by atoms with Crippen LogP contribution < -0.4 is 5.32 Å². The van der Waals surface area contributed by atoms with Gasteiger partial charge < -0.3 is 15.3 Å². The van der Waals surface area contributed by atoms with Gasteiger partial charge in [0, 0.05) is 19.6 Å². The summed E-state index contributed by atoms with van der Waals surface area (Å²) in [5.41, 5.74) is 0.193. The molecule has 1 aliphatic rings. The maximum atomic E-state index is 11.9. The molecule has 1 saturated heterocycles. The molecule has 0 spiro atoms. The van der Waals surface area contributed by atoms with E-state index >= 15 is 0 Å². The SMILES string of the molecule is CC(C)(C)CCNC(=O)N1CCC[C@H](C(=O)O)C1. The molecule has 104 valence electrons. The molecule has 5 heteroatoms. The van der Waals surface area contributed by atoms with Crippen molar-refractivity contribution in [3.05, 3.63) is 0 Å². The second kappa shape index (κ2) is 6.07. The third-order valence-electron chi connectivity index (χ3n) is 3.21. The number of carbonyl (C=O) groups excluding carboxylic acids is 1. The van der Waals surface area contributed by atoms with Gasteiger partial charge in [0.05, 0.1) is 5.92 Å². The molecule has 0 aromatic rings. The largest absolute Gasteiger partial charge is 0.481 e. The van der Waals surface area contributed by atoms with Gasteiger partial charge in [-0.15, -0.1) is 0 Å². The normalized spacial score (nSPS) is 20.6. The van der Waals surface area contributed by atoms with Crippen LogP contribution in [0, 0.1) is 11.3 Å². The molecule has 0 saturated carbocycles. The van der Waals surface area contributed by atoms with Gasteiger partial charge in [-0.05, 0) is 24.7 Å². The zero-order valence-corrected chi connectivity index (χ0v) is 11.5. The minimum atomic E-state index is -0.804. The molecule has 0 radical (unpaired) electrons. The molecule has 0 aromatic heterocycles. The molecule has 2 amide bonds. The Balaban J connectivity index is 2.35. The lowest BCUT2D eigenvalue weighted by Crippen LogP contribution is -2.47. The highest BCUT2D eigenvalue weighted by molar-refractivity contribution is 5.76. The minimum absolute atomic E-state index is 0.134. The number of hydrogen-bond donors (Lipinski definition) is 2. The molecule has 18 heavy (non-hydrogen) atoms. The van der Waals surface area contributed by atoms with Gasteiger partial charge in [-0.2, -0.15) is 0 Å². The fraction of sp³-hybridized carbons (Fsp3) is 0.846. The Morgan fingerprint density at radius 3 is 2.61 bits per heavy atom. The average Bonchev–Trinajstić information content (AvgIpc) is 2.27. The summed E-state index contributed by atoms with van der Waals surface area (Å²) in [7, 11) is 0. The lowest BCUT2D eigenvalue weighted by atomic mass is 9.92. The van der Waals surface area contributed by atoms with Crippen LogP contribution in [-0.2, 0) is 4.79 Å². The summed E-state index contributed by atoms with van der Waals surface area (Å²) < 4.78 is 0. The predicted octanol–water partition coefficient (Wildman–Crippen LogP) is 1.93. The van der Waals surface area contributed by atoms with Gasteiger partial charge in [-0.3, -0.25) is 4.79 Å². The summed E-state index contributed by atoms with van der Waals surface area (Å²) in [6.45, 7) is 8.00. The van der Waals surface area contributed by atoms with Crippen LogP contribution >= 0.6 is 0 Å². The number of carbonyl (C=O) groups is 2. The molecule has 1 aliphatic heterocycles. The van der Waals surface area contributed by atoms with Crippen molar-refractivity contribution >= 4 is 12.0 Å². The standard InChI is InChI=1S/C13H24N2O3/c1-13(2,3)6-7-14-12(18)15-8-4-5-10(9-15)11(16)17/h10H,4-9H2,1-3H3,(H,14,18)(H,16,17)/t10-/m0/s1. The van der Waals surface area contributed by atoms with E-state index in [4.69, 9.17) is 5.11 Å². The van der Waals surface area contributed by atoms with E-state index in [1.807, 2.05) is 0 Å². The molecular formula is C13H24N2O3. The highest BCUT2D eigenvalue weighted by atomic mass is 16.4. The first-order chi connectivity index (χ1) is 8.29. The van der Waals surface area contributed by atoms with Crippen LogP contribution in [0.2, 0.25) is 0 Å². The molecule has 2 N–H and O–H groups in total. The van der Waals surface area contributed by atoms with Crippen LogP contribution in [0.1, 0.15) is 40.0 Å². The molecule has 0 bridgehead atoms. The van der Waals surface area contributed by atoms with Crippen molar-refractivity contribution < 1.29 is 14.7 Å². The van der Waals surface area contributed by atoms with E-state index in [0.717, 1.165) is 12.8 Å². The summed E-state index contributed by atoms with van der Waals surface area (Å²) in [5, 5.41) is 11.8. The van der Waals surface area contributed by atoms with Crippen molar-refractivity contribution in [3.63, 3.8) is 0 Å². The van der Waals surface area contributed by atoms with Crippen molar-refractivity contribution in [2.24, 2.45) is 11.3 Å². The quantitative estimate of drug-likeness (QED) is 0.810. The first-order valence-electron chi connectivity index (χ1n) is 6.55. The van der Waals surface area contributed by atoms with Crippen molar-refractivity contribution in [3.8, 4) is 0 Å². The van der Waals surface area contributed by atoms with Gasteiger partial charge >= 0.3 is 12.0 Å². The Hall–Kier alpha value is -1.26. The molecule has 0 aliphatic carbocycles. The second-order valence-electron chi connectivity index (χ2n) is 6.17. The van der Waals surface area contributed by atoms with Gasteiger partial charge in [0.1, 0.15) is 0 Å². The number of rotatable bonds is 3. The average molecular weight is 256 g/mol. The van der Waals surface area contributed by atoms with Crippen LogP contribution in [-0.4, -0.2) is 41.6 Å². The van der Waals surface area contributed by atoms with Crippen molar-refractivity contribution in [1.82, 2.24) is 10.2 Å². The van der Waals surface area contributed by atoms with Crippen LogP contribution in [0.4, 0.5) is 4.79 Å². The Bertz CT molecular complexity index is 310. The summed E-state index contributed by atoms with van der Waals surface area (Å²) >= 11 is 0. The highest BCUT2D eigenvalue weighted by Gasteiger charge is 2.27. The van der Waals surface area contributed by atoms with E-state index in [1.165, 1.54) is 0 Å². The number of nitrogens with one attached hydrogen (secondary N) is 1. The molecule has 1 heterocycles. The topological polar surface area (TPSA) is 69.6 Å². The van der Waals surface area contributed by atoms with Crippen molar-refractivity contribution in [2.75, 3.05) is 19.6 Å². The lowest BCUT2D eigenvalue weighted by Gasteiger charge is -2.31. The number of nitrogens with zero attached hydrogens (tertiary/aromatic N) is 1. The summed E-state index contributed by atoms with van der Waals surface area (Å²) in [6.07, 6.45) is 2.35. The van der Waals surface area contributed by atoms with Gasteiger partial charge in [-0.25, -0.2) is 4.79 Å². The van der Waals surface area contributed by atoms with E-state index in [1.54, 1.807) is 4.90 Å². The number of hydrogen-bond acceptors (Lipinski definition) is 2. The zero-order chi connectivity index (χ0) is 13.8. The number of likely N-dealkylation sites (tertiary alicyclic amines) is 1. The molecule has 1 rings (SSSR count). The van der Waals surface area contributed by atoms with Crippen molar-refractivity contribution in [2.45, 2.75) is 40.0 Å². The number of aliphatic carboxylic acids is 1. The van der Waals surface area contributed by atoms with Crippen LogP contribution in [0.15, 0.2) is 0 Å². The summed E-state index contributed by atoms with van der Waals surface area (Å²) in [4.78, 5) is 24.4. The van der Waals surface area contributed by atoms with Crippen LogP contribution in [0.3, 0.4) is 0 Å². The molecule has 5 nitrogen and oxygen atoms in total. The zero-order valence-electron chi connectivity index (χ0n) is 11.5. The fourth-order valence-corrected chi connectivity index (χ4v) is 2.02. The highest BCUT2D eigenvalue weighted by Crippen LogP contribution is 2.18. The summed E-state index contributed by atoms with van der Waals surface area (Å²) in [6, 6.07) is -0.134. The smallest absolute Gasteiger partial charge is 0.317 e. The molecule has 0 aromatic carbocycles. The van der Waals surface area contributed by atoms with E-state index in [2.05, 4.69) is 26.1 Å². The van der Waals surface area contributed by atoms with Crippen molar-refractivity contribution in [1.29, 1.82) is 0 Å². The molecule has 1 atom stereocenters. The fourth-order valence-electron chi connectivity index (χ4n) is 2.02. The van der Waals surface area contributed by atoms with Crippen LogP contribution in [0.25, 0.3) is 0 Å². The monoisotopic (exact) mass is 256 g/mol. The van der Waals surface area contributed by atoms with E-state index < -0.39 is 11.9 Å². The summed E-state index contributed by atoms with van der Waals surface area (Å²) in [5.74, 6) is -1.21. The first-order valence-corrected chi connectivity index (χ1v) is 6.55. The van der Waals surface area contributed by atoms with E-state index in [0.29, 0.717) is 26.1 Å². The lowest BCUT2D eigenvalue weighted by molar-refractivity contribution is -0.143. The number of amides is 2. The number of carboxylic acids is 1. The Labute approximate surface area is 109 Å². The maximum Gasteiger partial charge on any atom is 0.317 e. The Kier molecular flexibility index (Phi) is 4.99. The number of carboxylic acid groups (broad SMARTS) is 1. The predicted molar refractivity (Wildman–Crippen MR) is 69.4 cm³/mol. The van der Waals surface area contributed by atoms with E-state index in [9.17, 15) is 9.59 Å². The Morgan fingerprint density at radius 1 is 1.39 bits per heavy atom. The second-order valence-corrected chi connectivity index (χ2v) is 6.17. The third-order valence-corrected chi connectivity index (χ3v) is 3.21. The molecule has 0 unspecified atom stereocenters. The maximum absolute atomic E-state index is 11.9. The van der Waals surface area contributed by atoms with Gasteiger partial charge in [0.15, 0.2) is 0 Å². The van der Waals surface area contributed by atoms with E-state index in [-0.39, 0.29) is 11.4 Å². The third kappa shape index (κ3) is 4.94. The molecular weight excluding hydrogens is 232 g/mol. The van der Waals surface area contributed by atoms with Crippen LogP contribution in [0.5, 0.6) is 0 Å². The first kappa shape index (κ1) is 14.8. The van der Waals surface area contributed by atoms with Gasteiger partial charge in [-0.1, -0.05) is 20.8 Å². The van der Waals surface area contributed by atoms with Gasteiger partial charge in [0.25, 0.3) is 0 Å². The Morgan fingerprint density at radius 2 is 2.06 bits per heavy atom. The van der Waals surface area contributed by atoms with Gasteiger partial charge in [0.2, 0.25) is 0 Å². The number of urea groups is 1. The minimum Gasteiger partial charge on any atom is -0.481 e. The molecule has 1 fully saturated rings. The number of piperidine rings is 1.